The number of hydrogen-bond donors (Lipinski definition) is 3. The zero-order valence-corrected chi connectivity index (χ0v) is 8.29. The number of aliphatic carboxylic acids is 1. The summed E-state index contributed by atoms with van der Waals surface area (Å²) in [6.07, 6.45) is 1.96. The van der Waals surface area contributed by atoms with Crippen LogP contribution >= 0.6 is 0 Å². The second kappa shape index (κ2) is 5.16. The van der Waals surface area contributed by atoms with Gasteiger partial charge in [-0.15, -0.1) is 0 Å². The zero-order valence-electron chi connectivity index (χ0n) is 8.29. The lowest BCUT2D eigenvalue weighted by Crippen LogP contribution is -2.58. The highest BCUT2D eigenvalue weighted by Crippen LogP contribution is 2.13. The van der Waals surface area contributed by atoms with Gasteiger partial charge in [0.25, 0.3) is 0 Å². The molecule has 1 atom stereocenters. The summed E-state index contributed by atoms with van der Waals surface area (Å²) in [6.45, 7) is 0.573. The second-order valence-electron chi connectivity index (χ2n) is 3.37. The first-order chi connectivity index (χ1) is 5.95. The van der Waals surface area contributed by atoms with Gasteiger partial charge in [0.15, 0.2) is 5.66 Å². The van der Waals surface area contributed by atoms with Crippen molar-refractivity contribution >= 4 is 5.97 Å². The van der Waals surface area contributed by atoms with Gasteiger partial charge in [-0.3, -0.25) is 4.90 Å². The highest BCUT2D eigenvalue weighted by atomic mass is 16.4. The fourth-order valence-corrected chi connectivity index (χ4v) is 1.06. The molecule has 0 aliphatic carbocycles. The van der Waals surface area contributed by atoms with Gasteiger partial charge in [-0.1, -0.05) is 0 Å². The van der Waals surface area contributed by atoms with Gasteiger partial charge in [0, 0.05) is 0 Å². The SMILES string of the molecule is CN(C)[C@@](N)(CCCCN)C(=O)O. The lowest BCUT2D eigenvalue weighted by Gasteiger charge is -2.31. The molecule has 0 aromatic carbocycles. The third kappa shape index (κ3) is 3.30. The molecular weight excluding hydrogens is 170 g/mol. The Balaban J connectivity index is 4.17. The predicted molar refractivity (Wildman–Crippen MR) is 51.1 cm³/mol. The first-order valence-corrected chi connectivity index (χ1v) is 4.35. The third-order valence-corrected chi connectivity index (χ3v) is 2.18. The average Bonchev–Trinajstić information content (AvgIpc) is 2.03. The smallest absolute Gasteiger partial charge is 0.338 e. The molecule has 0 rings (SSSR count). The number of unbranched alkanes of at least 4 members (excludes halogenated alkanes) is 1. The molecule has 0 aromatic rings. The van der Waals surface area contributed by atoms with E-state index in [9.17, 15) is 4.79 Å². The maximum Gasteiger partial charge on any atom is 0.338 e. The lowest BCUT2D eigenvalue weighted by atomic mass is 10.0. The van der Waals surface area contributed by atoms with Gasteiger partial charge in [0.05, 0.1) is 0 Å². The Kier molecular flexibility index (Phi) is 4.90. The normalized spacial score (nSPS) is 15.8. The third-order valence-electron chi connectivity index (χ3n) is 2.18. The van der Waals surface area contributed by atoms with Crippen LogP contribution in [0.5, 0.6) is 0 Å². The monoisotopic (exact) mass is 189 g/mol. The van der Waals surface area contributed by atoms with Crippen molar-refractivity contribution in [1.82, 2.24) is 4.90 Å². The van der Waals surface area contributed by atoms with E-state index in [4.69, 9.17) is 16.6 Å². The molecule has 0 saturated carbocycles. The molecule has 0 unspecified atom stereocenters. The van der Waals surface area contributed by atoms with Gasteiger partial charge in [-0.25, -0.2) is 4.79 Å². The van der Waals surface area contributed by atoms with Crippen molar-refractivity contribution in [3.8, 4) is 0 Å². The fraction of sp³-hybridized carbons (Fsp3) is 0.875. The second-order valence-corrected chi connectivity index (χ2v) is 3.37. The summed E-state index contributed by atoms with van der Waals surface area (Å²) < 4.78 is 0. The van der Waals surface area contributed by atoms with Gasteiger partial charge in [0.1, 0.15) is 0 Å². The Bertz CT molecular complexity index is 173. The van der Waals surface area contributed by atoms with Crippen LogP contribution in [-0.2, 0) is 4.79 Å². The number of hydrogen-bond acceptors (Lipinski definition) is 4. The Hall–Kier alpha value is -0.650. The van der Waals surface area contributed by atoms with E-state index in [-0.39, 0.29) is 0 Å². The summed E-state index contributed by atoms with van der Waals surface area (Å²) in [6, 6.07) is 0. The molecule has 0 fully saturated rings. The van der Waals surface area contributed by atoms with Gasteiger partial charge < -0.3 is 16.6 Å². The number of nitrogens with two attached hydrogens (primary N) is 2. The zero-order chi connectivity index (χ0) is 10.5. The molecule has 78 valence electrons. The fourth-order valence-electron chi connectivity index (χ4n) is 1.06. The molecule has 0 aliphatic rings. The van der Waals surface area contributed by atoms with Crippen LogP contribution in [0, 0.1) is 0 Å². The van der Waals surface area contributed by atoms with E-state index in [1.165, 1.54) is 4.90 Å². The molecular formula is C8H19N3O2. The van der Waals surface area contributed by atoms with E-state index in [1.807, 2.05) is 0 Å². The number of nitrogens with zero attached hydrogens (tertiary/aromatic N) is 1. The number of rotatable bonds is 6. The van der Waals surface area contributed by atoms with Gasteiger partial charge in [-0.05, 0) is 39.9 Å². The highest BCUT2D eigenvalue weighted by Gasteiger charge is 2.35. The Morgan fingerprint density at radius 1 is 1.46 bits per heavy atom. The molecule has 0 spiro atoms. The largest absolute Gasteiger partial charge is 0.479 e. The first-order valence-electron chi connectivity index (χ1n) is 4.35. The van der Waals surface area contributed by atoms with Gasteiger partial charge in [-0.2, -0.15) is 0 Å². The maximum atomic E-state index is 10.9. The van der Waals surface area contributed by atoms with Crippen molar-refractivity contribution in [2.24, 2.45) is 11.5 Å². The van der Waals surface area contributed by atoms with Crippen molar-refractivity contribution in [3.05, 3.63) is 0 Å². The minimum atomic E-state index is -1.25. The molecule has 0 aromatic heterocycles. The molecule has 0 aliphatic heterocycles. The Morgan fingerprint density at radius 3 is 2.31 bits per heavy atom. The molecule has 0 amide bonds. The molecule has 0 bridgehead atoms. The number of carbonyl (C=O) groups is 1. The van der Waals surface area contributed by atoms with Gasteiger partial charge >= 0.3 is 5.97 Å². The van der Waals surface area contributed by atoms with E-state index in [0.29, 0.717) is 13.0 Å². The van der Waals surface area contributed by atoms with Crippen molar-refractivity contribution in [2.75, 3.05) is 20.6 Å². The molecule has 13 heavy (non-hydrogen) atoms. The van der Waals surface area contributed by atoms with E-state index < -0.39 is 11.6 Å². The Morgan fingerprint density at radius 2 is 2.00 bits per heavy atom. The lowest BCUT2D eigenvalue weighted by molar-refractivity contribution is -0.150. The molecule has 5 nitrogen and oxygen atoms in total. The molecule has 0 radical (unpaired) electrons. The summed E-state index contributed by atoms with van der Waals surface area (Å²) in [4.78, 5) is 12.4. The van der Waals surface area contributed by atoms with Crippen molar-refractivity contribution < 1.29 is 9.90 Å². The number of carboxylic acids is 1. The minimum Gasteiger partial charge on any atom is -0.479 e. The standard InChI is InChI=1S/C8H19N3O2/c1-11(2)8(10,7(12)13)5-3-4-6-9/h3-6,9-10H2,1-2H3,(H,12,13)/t8-/m0/s1. The summed E-state index contributed by atoms with van der Waals surface area (Å²) in [5, 5.41) is 8.90. The van der Waals surface area contributed by atoms with Crippen LogP contribution in [0.15, 0.2) is 0 Å². The average molecular weight is 189 g/mol. The van der Waals surface area contributed by atoms with E-state index in [0.717, 1.165) is 12.8 Å². The quantitative estimate of drug-likeness (QED) is 0.384. The van der Waals surface area contributed by atoms with Crippen LogP contribution < -0.4 is 11.5 Å². The maximum absolute atomic E-state index is 10.9. The van der Waals surface area contributed by atoms with E-state index in [1.54, 1.807) is 14.1 Å². The molecule has 5 N–H and O–H groups in total. The highest BCUT2D eigenvalue weighted by molar-refractivity contribution is 5.77. The van der Waals surface area contributed by atoms with Crippen molar-refractivity contribution in [2.45, 2.75) is 24.9 Å². The number of likely N-dealkylation sites (N-methyl/N-ethyl adjacent to an activating group) is 1. The number of carboxylic acid groups (broad SMARTS) is 1. The van der Waals surface area contributed by atoms with Crippen LogP contribution in [-0.4, -0.2) is 42.3 Å². The first kappa shape index (κ1) is 12.3. The summed E-state index contributed by atoms with van der Waals surface area (Å²) in [5.41, 5.74) is 9.76. The summed E-state index contributed by atoms with van der Waals surface area (Å²) >= 11 is 0. The van der Waals surface area contributed by atoms with Crippen LogP contribution in [0.25, 0.3) is 0 Å². The minimum absolute atomic E-state index is 0.423. The van der Waals surface area contributed by atoms with E-state index >= 15 is 0 Å². The van der Waals surface area contributed by atoms with Crippen molar-refractivity contribution in [1.29, 1.82) is 0 Å². The molecule has 5 heteroatoms. The van der Waals surface area contributed by atoms with Crippen LogP contribution in [0.2, 0.25) is 0 Å². The van der Waals surface area contributed by atoms with Crippen LogP contribution in [0.3, 0.4) is 0 Å². The van der Waals surface area contributed by atoms with Crippen LogP contribution in [0.4, 0.5) is 0 Å². The summed E-state index contributed by atoms with van der Waals surface area (Å²) in [7, 11) is 3.33. The van der Waals surface area contributed by atoms with E-state index in [2.05, 4.69) is 0 Å². The predicted octanol–water partition coefficient (Wildman–Crippen LogP) is -0.583. The topological polar surface area (TPSA) is 92.6 Å². The summed E-state index contributed by atoms with van der Waals surface area (Å²) in [5.74, 6) is -0.991. The van der Waals surface area contributed by atoms with Gasteiger partial charge in [0.2, 0.25) is 0 Å². The Labute approximate surface area is 78.7 Å². The van der Waals surface area contributed by atoms with Crippen molar-refractivity contribution in [3.63, 3.8) is 0 Å². The van der Waals surface area contributed by atoms with Crippen LogP contribution in [0.1, 0.15) is 19.3 Å². The molecule has 0 heterocycles. The molecule has 0 saturated heterocycles.